The van der Waals surface area contributed by atoms with Crippen molar-refractivity contribution in [1.82, 2.24) is 34.6 Å². The van der Waals surface area contributed by atoms with Gasteiger partial charge in [-0.3, -0.25) is 9.48 Å². The highest BCUT2D eigenvalue weighted by Crippen LogP contribution is 2.35. The SMILES string of the molecule is C=CC(=O)Nc1cccc(-c2nc(Nc3cnn(C4CCN(C)CC4)c3)ncc2-c2ccc(Oc3nccc(C)n3)c(F)c2)c1. The Labute approximate surface area is 259 Å². The van der Waals surface area contributed by atoms with Crippen molar-refractivity contribution in [3.63, 3.8) is 0 Å². The summed E-state index contributed by atoms with van der Waals surface area (Å²) in [6.07, 6.45) is 10.2. The van der Waals surface area contributed by atoms with Crippen LogP contribution < -0.4 is 15.4 Å². The molecule has 0 atom stereocenters. The van der Waals surface area contributed by atoms with Crippen LogP contribution in [0.3, 0.4) is 0 Å². The number of piperidine rings is 1. The topological polar surface area (TPSA) is 123 Å². The van der Waals surface area contributed by atoms with Gasteiger partial charge in [0.05, 0.1) is 23.6 Å². The van der Waals surface area contributed by atoms with Gasteiger partial charge in [0, 0.05) is 41.1 Å². The van der Waals surface area contributed by atoms with Gasteiger partial charge < -0.3 is 20.3 Å². The fourth-order valence-corrected chi connectivity index (χ4v) is 5.13. The summed E-state index contributed by atoms with van der Waals surface area (Å²) in [5.41, 5.74) is 4.34. The Kier molecular flexibility index (Phi) is 8.56. The number of amides is 1. The molecule has 3 aromatic heterocycles. The van der Waals surface area contributed by atoms with Gasteiger partial charge in [0.15, 0.2) is 11.6 Å². The average molecular weight is 606 g/mol. The first-order valence-electron chi connectivity index (χ1n) is 14.5. The minimum Gasteiger partial charge on any atom is -0.421 e. The predicted molar refractivity (Wildman–Crippen MR) is 170 cm³/mol. The third-order valence-electron chi connectivity index (χ3n) is 7.51. The number of halogens is 1. The van der Waals surface area contributed by atoms with E-state index in [1.54, 1.807) is 55.8 Å². The van der Waals surface area contributed by atoms with Gasteiger partial charge in [0.1, 0.15) is 0 Å². The molecule has 4 heterocycles. The number of benzene rings is 2. The number of nitrogens with one attached hydrogen (secondary N) is 2. The number of anilines is 3. The summed E-state index contributed by atoms with van der Waals surface area (Å²) in [5, 5.41) is 10.6. The molecule has 0 radical (unpaired) electrons. The zero-order valence-corrected chi connectivity index (χ0v) is 24.9. The smallest absolute Gasteiger partial charge is 0.322 e. The van der Waals surface area contributed by atoms with Gasteiger partial charge in [-0.1, -0.05) is 24.8 Å². The monoisotopic (exact) mass is 605 g/mol. The number of ether oxygens (including phenoxy) is 1. The quantitative estimate of drug-likeness (QED) is 0.190. The van der Waals surface area contributed by atoms with E-state index in [1.165, 1.54) is 18.2 Å². The third kappa shape index (κ3) is 7.02. The minimum absolute atomic E-state index is 0.0131. The molecule has 12 heteroatoms. The zero-order valence-electron chi connectivity index (χ0n) is 24.9. The van der Waals surface area contributed by atoms with Crippen LogP contribution in [0.15, 0.2) is 86.0 Å². The summed E-state index contributed by atoms with van der Waals surface area (Å²) in [5.74, 6) is -0.608. The van der Waals surface area contributed by atoms with E-state index in [4.69, 9.17) is 9.72 Å². The normalized spacial score (nSPS) is 13.8. The third-order valence-corrected chi connectivity index (χ3v) is 7.51. The highest BCUT2D eigenvalue weighted by atomic mass is 19.1. The Balaban J connectivity index is 1.33. The van der Waals surface area contributed by atoms with Crippen LogP contribution in [-0.2, 0) is 4.79 Å². The maximum absolute atomic E-state index is 15.3. The fraction of sp³-hybridized carbons (Fsp3) is 0.212. The molecule has 5 aromatic rings. The van der Waals surface area contributed by atoms with Crippen LogP contribution >= 0.6 is 0 Å². The van der Waals surface area contributed by atoms with Crippen molar-refractivity contribution >= 4 is 23.2 Å². The van der Waals surface area contributed by atoms with Crippen molar-refractivity contribution in [3.8, 4) is 34.1 Å². The van der Waals surface area contributed by atoms with E-state index in [9.17, 15) is 4.79 Å². The lowest BCUT2D eigenvalue weighted by molar-refractivity contribution is -0.111. The number of rotatable bonds is 9. The molecule has 1 fully saturated rings. The molecule has 11 nitrogen and oxygen atoms in total. The van der Waals surface area contributed by atoms with E-state index in [2.05, 4.69) is 49.2 Å². The Bertz CT molecular complexity index is 1850. The Hall–Kier alpha value is -5.49. The molecular weight excluding hydrogens is 573 g/mol. The van der Waals surface area contributed by atoms with Crippen molar-refractivity contribution < 1.29 is 13.9 Å². The van der Waals surface area contributed by atoms with Gasteiger partial charge >= 0.3 is 6.01 Å². The number of nitrogens with zero attached hydrogens (tertiary/aromatic N) is 7. The van der Waals surface area contributed by atoms with Crippen LogP contribution in [0.25, 0.3) is 22.4 Å². The Morgan fingerprint density at radius 1 is 1.04 bits per heavy atom. The van der Waals surface area contributed by atoms with E-state index >= 15 is 4.39 Å². The first kappa shape index (κ1) is 29.6. The summed E-state index contributed by atoms with van der Waals surface area (Å²) in [4.78, 5) is 31.9. The molecule has 0 unspecified atom stereocenters. The van der Waals surface area contributed by atoms with Crippen LogP contribution in [0.4, 0.5) is 21.7 Å². The molecule has 1 aliphatic rings. The van der Waals surface area contributed by atoms with Crippen molar-refractivity contribution in [1.29, 1.82) is 0 Å². The highest BCUT2D eigenvalue weighted by Gasteiger charge is 2.20. The second-order valence-electron chi connectivity index (χ2n) is 10.8. The Morgan fingerprint density at radius 3 is 2.67 bits per heavy atom. The molecule has 45 heavy (non-hydrogen) atoms. The largest absolute Gasteiger partial charge is 0.421 e. The van der Waals surface area contributed by atoms with Crippen LogP contribution in [0.5, 0.6) is 11.8 Å². The Morgan fingerprint density at radius 2 is 1.89 bits per heavy atom. The lowest BCUT2D eigenvalue weighted by Crippen LogP contribution is -2.31. The molecule has 2 aromatic carbocycles. The number of likely N-dealkylation sites (tertiary alicyclic amines) is 1. The second kappa shape index (κ2) is 13.0. The summed E-state index contributed by atoms with van der Waals surface area (Å²) < 4.78 is 22.9. The second-order valence-corrected chi connectivity index (χ2v) is 10.8. The van der Waals surface area contributed by atoms with Crippen molar-refractivity contribution in [2.75, 3.05) is 30.8 Å². The van der Waals surface area contributed by atoms with Crippen molar-refractivity contribution in [3.05, 3.63) is 97.5 Å². The summed E-state index contributed by atoms with van der Waals surface area (Å²) in [6, 6.07) is 13.9. The van der Waals surface area contributed by atoms with E-state index in [-0.39, 0.29) is 17.7 Å². The first-order valence-corrected chi connectivity index (χ1v) is 14.5. The van der Waals surface area contributed by atoms with Gasteiger partial charge in [-0.15, -0.1) is 0 Å². The summed E-state index contributed by atoms with van der Waals surface area (Å²) in [7, 11) is 2.13. The van der Waals surface area contributed by atoms with Crippen LogP contribution in [0, 0.1) is 12.7 Å². The van der Waals surface area contributed by atoms with E-state index in [0.29, 0.717) is 45.8 Å². The maximum atomic E-state index is 15.3. The van der Waals surface area contributed by atoms with Crippen LogP contribution in [0.1, 0.15) is 24.6 Å². The molecule has 0 spiro atoms. The molecule has 0 aliphatic carbocycles. The summed E-state index contributed by atoms with van der Waals surface area (Å²) in [6.45, 7) is 7.38. The maximum Gasteiger partial charge on any atom is 0.322 e. The standard InChI is InChI=1S/C33H32FN9O2/c1-4-30(44)39-24-7-5-6-23(16-24)31-27(22-8-9-29(28(34)17-22)45-33-35-13-10-21(2)38-33)19-36-32(41-31)40-25-18-37-43(20-25)26-11-14-42(3)15-12-26/h4-10,13,16-20,26H,1,11-12,14-15H2,2-3H3,(H,39,44)(H,36,40,41). The molecule has 2 N–H and O–H groups in total. The summed E-state index contributed by atoms with van der Waals surface area (Å²) >= 11 is 0. The molecule has 0 saturated carbocycles. The number of carbonyl (C=O) groups is 1. The molecule has 1 saturated heterocycles. The van der Waals surface area contributed by atoms with Gasteiger partial charge in [-0.05, 0) is 81.9 Å². The van der Waals surface area contributed by atoms with Crippen LogP contribution in [-0.4, -0.2) is 60.7 Å². The molecule has 6 rings (SSSR count). The number of hydrogen-bond donors (Lipinski definition) is 2. The lowest BCUT2D eigenvalue weighted by Gasteiger charge is -2.28. The van der Waals surface area contributed by atoms with Gasteiger partial charge in [0.25, 0.3) is 0 Å². The average Bonchev–Trinajstić information content (AvgIpc) is 3.51. The zero-order chi connectivity index (χ0) is 31.3. The molecule has 0 bridgehead atoms. The van der Waals surface area contributed by atoms with Gasteiger partial charge in [-0.2, -0.15) is 5.10 Å². The van der Waals surface area contributed by atoms with Crippen molar-refractivity contribution in [2.24, 2.45) is 0 Å². The lowest BCUT2D eigenvalue weighted by atomic mass is 10.00. The number of aryl methyl sites for hydroxylation is 1. The van der Waals surface area contributed by atoms with Crippen molar-refractivity contribution in [2.45, 2.75) is 25.8 Å². The first-order chi connectivity index (χ1) is 21.8. The number of carbonyl (C=O) groups excluding carboxylic acids is 1. The highest BCUT2D eigenvalue weighted by molar-refractivity contribution is 5.99. The fourth-order valence-electron chi connectivity index (χ4n) is 5.13. The van der Waals surface area contributed by atoms with E-state index in [1.807, 2.05) is 16.9 Å². The molecule has 228 valence electrons. The van der Waals surface area contributed by atoms with E-state index < -0.39 is 5.82 Å². The van der Waals surface area contributed by atoms with E-state index in [0.717, 1.165) is 31.6 Å². The number of hydrogen-bond acceptors (Lipinski definition) is 9. The minimum atomic E-state index is -0.598. The predicted octanol–water partition coefficient (Wildman–Crippen LogP) is 6.17. The van der Waals surface area contributed by atoms with Crippen LogP contribution in [0.2, 0.25) is 0 Å². The molecular formula is C33H32FN9O2. The molecule has 1 aliphatic heterocycles. The van der Waals surface area contributed by atoms with Gasteiger partial charge in [-0.25, -0.2) is 24.3 Å². The number of aromatic nitrogens is 6. The molecule has 1 amide bonds. The van der Waals surface area contributed by atoms with Gasteiger partial charge in [0.2, 0.25) is 11.9 Å².